The van der Waals surface area contributed by atoms with Gasteiger partial charge in [-0.3, -0.25) is 14.5 Å². The molecule has 2 aliphatic rings. The minimum Gasteiger partial charge on any atom is -0.481 e. The molecule has 0 radical (unpaired) electrons. The Morgan fingerprint density at radius 3 is 2.48 bits per heavy atom. The standard InChI is InChI=1S/C22H30N2O3/c1-16(2)8-11-23-12-9-22(10-13-23)15-24(14-19(22)21(26)27)20(25)18-7-5-4-6-17(18)3/h4-8,19H,9-15H2,1-3H3,(H,26,27). The predicted molar refractivity (Wildman–Crippen MR) is 106 cm³/mol. The second kappa shape index (κ2) is 7.85. The van der Waals surface area contributed by atoms with E-state index < -0.39 is 11.9 Å². The summed E-state index contributed by atoms with van der Waals surface area (Å²) in [4.78, 5) is 29.1. The quantitative estimate of drug-likeness (QED) is 0.827. The van der Waals surface area contributed by atoms with Gasteiger partial charge in [0, 0.05) is 30.6 Å². The minimum absolute atomic E-state index is 0.0387. The van der Waals surface area contributed by atoms with Crippen molar-refractivity contribution in [1.82, 2.24) is 9.80 Å². The Kier molecular flexibility index (Phi) is 5.70. The number of nitrogens with zero attached hydrogens (tertiary/aromatic N) is 2. The highest BCUT2D eigenvalue weighted by Crippen LogP contribution is 2.45. The predicted octanol–water partition coefficient (Wildman–Crippen LogP) is 3.20. The van der Waals surface area contributed by atoms with E-state index in [4.69, 9.17) is 0 Å². The summed E-state index contributed by atoms with van der Waals surface area (Å²) >= 11 is 0. The first-order valence-electron chi connectivity index (χ1n) is 9.76. The molecule has 1 aromatic carbocycles. The van der Waals surface area contributed by atoms with Crippen LogP contribution in [0.5, 0.6) is 0 Å². The molecule has 2 fully saturated rings. The van der Waals surface area contributed by atoms with Crippen molar-refractivity contribution in [2.75, 3.05) is 32.7 Å². The molecule has 1 amide bonds. The SMILES string of the molecule is CC(C)=CCN1CCC2(CC1)CN(C(=O)c1ccccc1C)CC2C(=O)O. The van der Waals surface area contributed by atoms with Gasteiger partial charge in [-0.2, -0.15) is 0 Å². The van der Waals surface area contributed by atoms with Gasteiger partial charge in [-0.15, -0.1) is 0 Å². The zero-order valence-corrected chi connectivity index (χ0v) is 16.6. The molecule has 2 saturated heterocycles. The zero-order valence-electron chi connectivity index (χ0n) is 16.6. The number of rotatable bonds is 4. The molecule has 1 atom stereocenters. The molecule has 5 nitrogen and oxygen atoms in total. The number of hydrogen-bond acceptors (Lipinski definition) is 3. The molecule has 1 unspecified atom stereocenters. The van der Waals surface area contributed by atoms with E-state index in [1.54, 1.807) is 4.90 Å². The maximum Gasteiger partial charge on any atom is 0.308 e. The van der Waals surface area contributed by atoms with Crippen LogP contribution in [0.1, 0.15) is 42.6 Å². The second-order valence-electron chi connectivity index (χ2n) is 8.34. The number of piperidine rings is 1. The summed E-state index contributed by atoms with van der Waals surface area (Å²) in [6.45, 7) is 9.68. The van der Waals surface area contributed by atoms with Crippen molar-refractivity contribution in [3.63, 3.8) is 0 Å². The van der Waals surface area contributed by atoms with E-state index in [2.05, 4.69) is 24.8 Å². The Morgan fingerprint density at radius 1 is 1.22 bits per heavy atom. The van der Waals surface area contributed by atoms with E-state index in [0.717, 1.165) is 38.0 Å². The molecule has 0 aromatic heterocycles. The van der Waals surface area contributed by atoms with Gasteiger partial charge in [-0.1, -0.05) is 29.8 Å². The second-order valence-corrected chi connectivity index (χ2v) is 8.34. The highest BCUT2D eigenvalue weighted by molar-refractivity contribution is 5.96. The number of carboxylic acid groups (broad SMARTS) is 1. The van der Waals surface area contributed by atoms with Gasteiger partial charge in [-0.25, -0.2) is 0 Å². The summed E-state index contributed by atoms with van der Waals surface area (Å²) < 4.78 is 0. The molecule has 0 saturated carbocycles. The molecule has 0 aliphatic carbocycles. The summed E-state index contributed by atoms with van der Waals surface area (Å²) in [7, 11) is 0. The van der Waals surface area contributed by atoms with E-state index >= 15 is 0 Å². The van der Waals surface area contributed by atoms with E-state index in [-0.39, 0.29) is 11.3 Å². The molecule has 5 heteroatoms. The fourth-order valence-corrected chi connectivity index (χ4v) is 4.45. The third kappa shape index (κ3) is 4.08. The molecule has 146 valence electrons. The number of carbonyl (C=O) groups excluding carboxylic acids is 1. The van der Waals surface area contributed by atoms with Gasteiger partial charge in [0.15, 0.2) is 0 Å². The third-order valence-electron chi connectivity index (χ3n) is 6.22. The first-order valence-corrected chi connectivity index (χ1v) is 9.76. The summed E-state index contributed by atoms with van der Waals surface area (Å²) in [6.07, 6.45) is 3.88. The number of carboxylic acids is 1. The minimum atomic E-state index is -0.771. The van der Waals surface area contributed by atoms with Crippen LogP contribution in [-0.2, 0) is 4.79 Å². The maximum atomic E-state index is 13.0. The molecular formula is C22H30N2O3. The van der Waals surface area contributed by atoms with Crippen molar-refractivity contribution < 1.29 is 14.7 Å². The Morgan fingerprint density at radius 2 is 1.89 bits per heavy atom. The number of aryl methyl sites for hydroxylation is 1. The average Bonchev–Trinajstić information content (AvgIpc) is 3.00. The van der Waals surface area contributed by atoms with E-state index in [1.807, 2.05) is 31.2 Å². The number of carbonyl (C=O) groups is 2. The Labute approximate surface area is 161 Å². The van der Waals surface area contributed by atoms with Crippen molar-refractivity contribution in [2.45, 2.75) is 33.6 Å². The zero-order chi connectivity index (χ0) is 19.6. The van der Waals surface area contributed by atoms with E-state index in [9.17, 15) is 14.7 Å². The highest BCUT2D eigenvalue weighted by Gasteiger charge is 2.52. The van der Waals surface area contributed by atoms with Crippen LogP contribution in [0.4, 0.5) is 0 Å². The van der Waals surface area contributed by atoms with Crippen LogP contribution in [0, 0.1) is 18.3 Å². The number of hydrogen-bond donors (Lipinski definition) is 1. The van der Waals surface area contributed by atoms with Gasteiger partial charge in [0.05, 0.1) is 5.92 Å². The monoisotopic (exact) mass is 370 g/mol. The number of allylic oxidation sites excluding steroid dienone is 1. The normalized spacial score (nSPS) is 22.0. The molecule has 2 heterocycles. The maximum absolute atomic E-state index is 13.0. The average molecular weight is 370 g/mol. The largest absolute Gasteiger partial charge is 0.481 e. The number of likely N-dealkylation sites (tertiary alicyclic amines) is 2. The first-order chi connectivity index (χ1) is 12.8. The van der Waals surface area contributed by atoms with Crippen molar-refractivity contribution in [2.24, 2.45) is 11.3 Å². The molecule has 27 heavy (non-hydrogen) atoms. The Bertz CT molecular complexity index is 744. The van der Waals surface area contributed by atoms with Gasteiger partial charge in [0.2, 0.25) is 0 Å². The lowest BCUT2D eigenvalue weighted by Gasteiger charge is -2.41. The number of amides is 1. The lowest BCUT2D eigenvalue weighted by molar-refractivity contribution is -0.145. The summed E-state index contributed by atoms with van der Waals surface area (Å²) in [5.41, 5.74) is 2.62. The highest BCUT2D eigenvalue weighted by atomic mass is 16.4. The molecule has 1 spiro atoms. The summed E-state index contributed by atoms with van der Waals surface area (Å²) in [5.74, 6) is -1.29. The third-order valence-corrected chi connectivity index (χ3v) is 6.22. The smallest absolute Gasteiger partial charge is 0.308 e. The van der Waals surface area contributed by atoms with Crippen molar-refractivity contribution in [1.29, 1.82) is 0 Å². The molecule has 0 bridgehead atoms. The van der Waals surface area contributed by atoms with Crippen LogP contribution in [0.3, 0.4) is 0 Å². The van der Waals surface area contributed by atoms with Gasteiger partial charge in [-0.05, 0) is 58.3 Å². The van der Waals surface area contributed by atoms with Gasteiger partial charge >= 0.3 is 5.97 Å². The van der Waals surface area contributed by atoms with Gasteiger partial charge < -0.3 is 10.0 Å². The van der Waals surface area contributed by atoms with Gasteiger partial charge in [0.1, 0.15) is 0 Å². The van der Waals surface area contributed by atoms with E-state index in [0.29, 0.717) is 18.7 Å². The molecule has 2 aliphatic heterocycles. The number of aliphatic carboxylic acids is 1. The lowest BCUT2D eigenvalue weighted by Crippen LogP contribution is -2.46. The Balaban J connectivity index is 1.74. The molecule has 3 rings (SSSR count). The fraction of sp³-hybridized carbons (Fsp3) is 0.545. The van der Waals surface area contributed by atoms with Crippen LogP contribution in [-0.4, -0.2) is 59.5 Å². The van der Waals surface area contributed by atoms with Crippen LogP contribution >= 0.6 is 0 Å². The fourth-order valence-electron chi connectivity index (χ4n) is 4.45. The summed E-state index contributed by atoms with van der Waals surface area (Å²) in [6, 6.07) is 7.54. The van der Waals surface area contributed by atoms with Crippen molar-refractivity contribution in [3.8, 4) is 0 Å². The van der Waals surface area contributed by atoms with Crippen LogP contribution in [0.2, 0.25) is 0 Å². The lowest BCUT2D eigenvalue weighted by atomic mass is 9.71. The topological polar surface area (TPSA) is 60.9 Å². The van der Waals surface area contributed by atoms with Crippen molar-refractivity contribution in [3.05, 3.63) is 47.0 Å². The van der Waals surface area contributed by atoms with Gasteiger partial charge in [0.25, 0.3) is 5.91 Å². The summed E-state index contributed by atoms with van der Waals surface area (Å²) in [5, 5.41) is 9.84. The first kappa shape index (κ1) is 19.6. The number of benzene rings is 1. The van der Waals surface area contributed by atoms with Crippen molar-refractivity contribution >= 4 is 11.9 Å². The van der Waals surface area contributed by atoms with E-state index in [1.165, 1.54) is 5.57 Å². The Hall–Kier alpha value is -2.14. The van der Waals surface area contributed by atoms with Crippen LogP contribution in [0.15, 0.2) is 35.9 Å². The molecule has 1 N–H and O–H groups in total. The molecular weight excluding hydrogens is 340 g/mol. The van der Waals surface area contributed by atoms with Crippen LogP contribution in [0.25, 0.3) is 0 Å². The molecule has 1 aromatic rings. The van der Waals surface area contributed by atoms with Crippen LogP contribution < -0.4 is 0 Å².